The third-order valence-electron chi connectivity index (χ3n) is 3.42. The average Bonchev–Trinajstić information content (AvgIpc) is 3.11. The largest absolute Gasteiger partial charge is 0.507 e. The van der Waals surface area contributed by atoms with Gasteiger partial charge in [0.25, 0.3) is 5.91 Å². The van der Waals surface area contributed by atoms with E-state index in [9.17, 15) is 9.90 Å². The number of carbonyl (C=O) groups excluding carboxylic acids is 1. The third kappa shape index (κ3) is 2.87. The molecule has 0 radical (unpaired) electrons. The number of benzene rings is 1. The topological polar surface area (TPSA) is 100 Å². The molecule has 3 rings (SSSR count). The Morgan fingerprint density at radius 1 is 1.48 bits per heavy atom. The number of hydrogen-bond donors (Lipinski definition) is 3. The van der Waals surface area contributed by atoms with Crippen molar-refractivity contribution in [1.82, 2.24) is 15.5 Å². The van der Waals surface area contributed by atoms with Crippen LogP contribution in [0.15, 0.2) is 22.6 Å². The molecule has 110 valence electrons. The van der Waals surface area contributed by atoms with Gasteiger partial charge in [-0.15, -0.1) is 5.10 Å². The van der Waals surface area contributed by atoms with Crippen molar-refractivity contribution in [3.05, 3.63) is 35.2 Å². The first kappa shape index (κ1) is 13.6. The summed E-state index contributed by atoms with van der Waals surface area (Å²) < 4.78 is 5.43. The van der Waals surface area contributed by atoms with Gasteiger partial charge in [-0.3, -0.25) is 10.1 Å². The van der Waals surface area contributed by atoms with Crippen LogP contribution < -0.4 is 10.6 Å². The lowest BCUT2D eigenvalue weighted by atomic mass is 10.1. The zero-order valence-corrected chi connectivity index (χ0v) is 11.6. The van der Waals surface area contributed by atoms with Crippen LogP contribution in [0, 0.1) is 6.92 Å². The summed E-state index contributed by atoms with van der Waals surface area (Å²) in [6, 6.07) is 4.88. The van der Waals surface area contributed by atoms with Gasteiger partial charge >= 0.3 is 6.01 Å². The minimum absolute atomic E-state index is 0.0320. The Kier molecular flexibility index (Phi) is 3.57. The van der Waals surface area contributed by atoms with Crippen LogP contribution in [0.2, 0.25) is 0 Å². The van der Waals surface area contributed by atoms with Gasteiger partial charge < -0.3 is 14.8 Å². The summed E-state index contributed by atoms with van der Waals surface area (Å²) in [4.78, 5) is 12.1. The Morgan fingerprint density at radius 3 is 3.10 bits per heavy atom. The molecule has 1 saturated heterocycles. The fraction of sp³-hybridized carbons (Fsp3) is 0.357. The first-order valence-corrected chi connectivity index (χ1v) is 6.81. The number of rotatable bonds is 3. The van der Waals surface area contributed by atoms with Crippen LogP contribution in [0.5, 0.6) is 5.75 Å². The Hall–Kier alpha value is -2.41. The van der Waals surface area contributed by atoms with Crippen molar-refractivity contribution in [2.24, 2.45) is 0 Å². The highest BCUT2D eigenvalue weighted by Crippen LogP contribution is 2.24. The number of nitrogens with one attached hydrogen (secondary N) is 2. The first-order valence-electron chi connectivity index (χ1n) is 6.81. The van der Waals surface area contributed by atoms with Crippen molar-refractivity contribution in [3.8, 4) is 5.75 Å². The minimum Gasteiger partial charge on any atom is -0.507 e. The van der Waals surface area contributed by atoms with Crippen LogP contribution in [0.25, 0.3) is 0 Å². The zero-order valence-electron chi connectivity index (χ0n) is 11.6. The van der Waals surface area contributed by atoms with E-state index in [2.05, 4.69) is 20.8 Å². The van der Waals surface area contributed by atoms with Crippen molar-refractivity contribution in [3.63, 3.8) is 0 Å². The predicted molar refractivity (Wildman–Crippen MR) is 75.1 cm³/mol. The molecule has 0 aliphatic carbocycles. The van der Waals surface area contributed by atoms with Crippen LogP contribution >= 0.6 is 0 Å². The van der Waals surface area contributed by atoms with E-state index in [4.69, 9.17) is 4.42 Å². The van der Waals surface area contributed by atoms with E-state index in [0.717, 1.165) is 24.9 Å². The van der Waals surface area contributed by atoms with Gasteiger partial charge in [-0.1, -0.05) is 16.7 Å². The van der Waals surface area contributed by atoms with E-state index in [-0.39, 0.29) is 23.4 Å². The maximum absolute atomic E-state index is 12.1. The summed E-state index contributed by atoms with van der Waals surface area (Å²) in [5, 5.41) is 23.2. The van der Waals surface area contributed by atoms with Crippen molar-refractivity contribution in [1.29, 1.82) is 0 Å². The SMILES string of the molecule is Cc1ccc(O)c(C(=O)Nc2nnc(C3CCCN3)o2)c1. The number of aryl methyl sites for hydroxylation is 1. The van der Waals surface area contributed by atoms with Gasteiger partial charge in [0.2, 0.25) is 5.89 Å². The lowest BCUT2D eigenvalue weighted by molar-refractivity contribution is 0.102. The second kappa shape index (κ2) is 5.53. The van der Waals surface area contributed by atoms with Crippen LogP contribution in [0.3, 0.4) is 0 Å². The van der Waals surface area contributed by atoms with Crippen LogP contribution in [-0.4, -0.2) is 27.8 Å². The summed E-state index contributed by atoms with van der Waals surface area (Å²) in [5.41, 5.74) is 1.05. The number of amides is 1. The summed E-state index contributed by atoms with van der Waals surface area (Å²) in [5.74, 6) is -0.0997. The highest BCUT2D eigenvalue weighted by Gasteiger charge is 2.23. The Labute approximate surface area is 121 Å². The second-order valence-electron chi connectivity index (χ2n) is 5.07. The minimum atomic E-state index is -0.481. The van der Waals surface area contributed by atoms with Crippen molar-refractivity contribution < 1.29 is 14.3 Å². The van der Waals surface area contributed by atoms with Gasteiger partial charge in [0.1, 0.15) is 5.75 Å². The molecule has 0 spiro atoms. The standard InChI is InChI=1S/C14H16N4O3/c1-8-4-5-11(19)9(7-8)12(20)16-14-18-17-13(21-14)10-3-2-6-15-10/h4-5,7,10,15,19H,2-3,6H2,1H3,(H,16,18,20). The number of hydrogen-bond acceptors (Lipinski definition) is 6. The molecular weight excluding hydrogens is 272 g/mol. The Balaban J connectivity index is 1.74. The molecule has 1 atom stereocenters. The quantitative estimate of drug-likeness (QED) is 0.795. The van der Waals surface area contributed by atoms with Crippen LogP contribution in [0.4, 0.5) is 6.01 Å². The molecule has 1 aromatic heterocycles. The Bertz CT molecular complexity index is 662. The molecule has 2 aromatic rings. The molecule has 2 heterocycles. The summed E-state index contributed by atoms with van der Waals surface area (Å²) in [7, 11) is 0. The van der Waals surface area contributed by atoms with Gasteiger partial charge in [0, 0.05) is 0 Å². The maximum atomic E-state index is 12.1. The number of anilines is 1. The second-order valence-corrected chi connectivity index (χ2v) is 5.07. The van der Waals surface area contributed by atoms with Gasteiger partial charge in [-0.2, -0.15) is 0 Å². The summed E-state index contributed by atoms with van der Waals surface area (Å²) in [6.45, 7) is 2.76. The Morgan fingerprint density at radius 2 is 2.33 bits per heavy atom. The van der Waals surface area contributed by atoms with E-state index < -0.39 is 5.91 Å². The van der Waals surface area contributed by atoms with E-state index >= 15 is 0 Å². The smallest absolute Gasteiger partial charge is 0.322 e. The normalized spacial score (nSPS) is 17.9. The average molecular weight is 288 g/mol. The molecule has 1 aliphatic rings. The molecule has 0 saturated carbocycles. The van der Waals surface area contributed by atoms with E-state index in [1.54, 1.807) is 12.1 Å². The van der Waals surface area contributed by atoms with Crippen LogP contribution in [0.1, 0.15) is 40.7 Å². The predicted octanol–water partition coefficient (Wildman–Crippen LogP) is 1.76. The zero-order chi connectivity index (χ0) is 14.8. The number of aromatic hydroxyl groups is 1. The monoisotopic (exact) mass is 288 g/mol. The molecule has 0 bridgehead atoms. The molecule has 1 aliphatic heterocycles. The lowest BCUT2D eigenvalue weighted by Gasteiger charge is -2.05. The maximum Gasteiger partial charge on any atom is 0.322 e. The molecule has 1 fully saturated rings. The van der Waals surface area contributed by atoms with Gasteiger partial charge in [-0.05, 0) is 38.4 Å². The molecule has 7 heteroatoms. The van der Waals surface area contributed by atoms with Crippen LogP contribution in [-0.2, 0) is 0 Å². The van der Waals surface area contributed by atoms with Gasteiger partial charge in [0.15, 0.2) is 0 Å². The molecule has 1 amide bonds. The lowest BCUT2D eigenvalue weighted by Crippen LogP contribution is -2.13. The molecule has 1 aromatic carbocycles. The highest BCUT2D eigenvalue weighted by molar-refractivity contribution is 6.05. The van der Waals surface area contributed by atoms with Gasteiger partial charge in [-0.25, -0.2) is 0 Å². The van der Waals surface area contributed by atoms with Crippen molar-refractivity contribution in [2.75, 3.05) is 11.9 Å². The van der Waals surface area contributed by atoms with E-state index in [1.165, 1.54) is 6.07 Å². The summed E-state index contributed by atoms with van der Waals surface area (Å²) >= 11 is 0. The number of phenols is 1. The summed E-state index contributed by atoms with van der Waals surface area (Å²) in [6.07, 6.45) is 2.00. The fourth-order valence-electron chi connectivity index (χ4n) is 2.32. The van der Waals surface area contributed by atoms with E-state index in [0.29, 0.717) is 5.89 Å². The van der Waals surface area contributed by atoms with Crippen molar-refractivity contribution >= 4 is 11.9 Å². The third-order valence-corrected chi connectivity index (χ3v) is 3.42. The number of carbonyl (C=O) groups is 1. The fourth-order valence-corrected chi connectivity index (χ4v) is 2.32. The molecule has 21 heavy (non-hydrogen) atoms. The van der Waals surface area contributed by atoms with Gasteiger partial charge in [0.05, 0.1) is 11.6 Å². The first-order chi connectivity index (χ1) is 10.1. The van der Waals surface area contributed by atoms with Crippen molar-refractivity contribution in [2.45, 2.75) is 25.8 Å². The van der Waals surface area contributed by atoms with E-state index in [1.807, 2.05) is 6.92 Å². The molecular formula is C14H16N4O3. The molecule has 1 unspecified atom stereocenters. The molecule has 3 N–H and O–H groups in total. The highest BCUT2D eigenvalue weighted by atomic mass is 16.4. The number of phenolic OH excluding ortho intramolecular Hbond substituents is 1. The molecule has 7 nitrogen and oxygen atoms in total. The number of nitrogens with zero attached hydrogens (tertiary/aromatic N) is 2. The number of aromatic nitrogens is 2.